The lowest BCUT2D eigenvalue weighted by atomic mass is 10.2. The summed E-state index contributed by atoms with van der Waals surface area (Å²) in [5.74, 6) is -0.971. The largest absolute Gasteiger partial charge is 0.364 e. The van der Waals surface area contributed by atoms with Gasteiger partial charge in [0.15, 0.2) is 0 Å². The van der Waals surface area contributed by atoms with Crippen molar-refractivity contribution < 1.29 is 13.6 Å². The Labute approximate surface area is 91.8 Å². The second kappa shape index (κ2) is 4.31. The van der Waals surface area contributed by atoms with Gasteiger partial charge < -0.3 is 5.73 Å². The third kappa shape index (κ3) is 2.27. The second-order valence-electron chi connectivity index (χ2n) is 2.54. The van der Waals surface area contributed by atoms with Crippen molar-refractivity contribution in [3.8, 4) is 6.07 Å². The number of pyridine rings is 1. The predicted molar refractivity (Wildman–Crippen MR) is 50.1 cm³/mol. The second-order valence-corrected chi connectivity index (χ2v) is 3.33. The molecule has 0 fully saturated rings. The maximum atomic E-state index is 12.5. The number of amides is 1. The summed E-state index contributed by atoms with van der Waals surface area (Å²) < 4.78 is 24.8. The smallest absolute Gasteiger partial charge is 0.268 e. The van der Waals surface area contributed by atoms with Gasteiger partial charge in [0, 0.05) is 5.56 Å². The van der Waals surface area contributed by atoms with E-state index in [2.05, 4.69) is 20.9 Å². The van der Waals surface area contributed by atoms with E-state index in [1.807, 2.05) is 0 Å². The number of hydrogen-bond acceptors (Lipinski definition) is 3. The predicted octanol–water partition coefficient (Wildman–Crippen LogP) is 1.75. The molecule has 0 unspecified atom stereocenters. The zero-order valence-corrected chi connectivity index (χ0v) is 8.75. The van der Waals surface area contributed by atoms with Gasteiger partial charge >= 0.3 is 0 Å². The van der Waals surface area contributed by atoms with Gasteiger partial charge in [-0.3, -0.25) is 4.79 Å². The standard InChI is InChI=1S/C8H4BrF2N3O/c9-5-4(7(10)11)1-3(2-12)14-6(5)8(13)15/h1,7H,(H2,13,15). The van der Waals surface area contributed by atoms with Gasteiger partial charge in [0.2, 0.25) is 0 Å². The maximum Gasteiger partial charge on any atom is 0.268 e. The van der Waals surface area contributed by atoms with Crippen LogP contribution in [-0.2, 0) is 0 Å². The van der Waals surface area contributed by atoms with E-state index >= 15 is 0 Å². The zero-order chi connectivity index (χ0) is 11.6. The first kappa shape index (κ1) is 11.5. The Morgan fingerprint density at radius 1 is 1.67 bits per heavy atom. The molecule has 1 rings (SSSR count). The van der Waals surface area contributed by atoms with Crippen molar-refractivity contribution in [3.05, 3.63) is 27.5 Å². The number of nitrogens with zero attached hydrogens (tertiary/aromatic N) is 2. The van der Waals surface area contributed by atoms with Gasteiger partial charge in [-0.15, -0.1) is 0 Å². The van der Waals surface area contributed by atoms with Crippen LogP contribution in [0.5, 0.6) is 0 Å². The first-order chi connectivity index (χ1) is 6.97. The number of carbonyl (C=O) groups is 1. The molecule has 78 valence electrons. The summed E-state index contributed by atoms with van der Waals surface area (Å²) in [5, 5.41) is 8.52. The highest BCUT2D eigenvalue weighted by molar-refractivity contribution is 9.10. The molecule has 0 saturated heterocycles. The van der Waals surface area contributed by atoms with Crippen LogP contribution >= 0.6 is 15.9 Å². The Morgan fingerprint density at radius 3 is 2.67 bits per heavy atom. The Hall–Kier alpha value is -1.55. The number of carbonyl (C=O) groups excluding carboxylic acids is 1. The number of hydrogen-bond donors (Lipinski definition) is 1. The first-order valence-corrected chi connectivity index (χ1v) is 4.45. The molecule has 0 saturated carbocycles. The van der Waals surface area contributed by atoms with Gasteiger partial charge in [0.25, 0.3) is 12.3 Å². The van der Waals surface area contributed by atoms with E-state index in [1.54, 1.807) is 6.07 Å². The molecular weight excluding hydrogens is 272 g/mol. The minimum absolute atomic E-state index is 0.177. The number of nitriles is 1. The molecule has 1 amide bonds. The fourth-order valence-electron chi connectivity index (χ4n) is 0.929. The normalized spacial score (nSPS) is 10.1. The van der Waals surface area contributed by atoms with Crippen molar-refractivity contribution in [1.29, 1.82) is 5.26 Å². The van der Waals surface area contributed by atoms with E-state index in [1.165, 1.54) is 0 Å². The molecule has 0 aliphatic carbocycles. The molecule has 15 heavy (non-hydrogen) atoms. The molecule has 0 aromatic carbocycles. The SMILES string of the molecule is N#Cc1cc(C(F)F)c(Br)c(C(N)=O)n1. The summed E-state index contributed by atoms with van der Waals surface area (Å²) in [4.78, 5) is 14.4. The molecule has 0 aliphatic heterocycles. The van der Waals surface area contributed by atoms with Crippen LogP contribution < -0.4 is 5.73 Å². The molecule has 4 nitrogen and oxygen atoms in total. The van der Waals surface area contributed by atoms with Crippen molar-refractivity contribution in [2.45, 2.75) is 6.43 Å². The van der Waals surface area contributed by atoms with Crippen molar-refractivity contribution in [2.75, 3.05) is 0 Å². The molecule has 7 heteroatoms. The highest BCUT2D eigenvalue weighted by Crippen LogP contribution is 2.29. The maximum absolute atomic E-state index is 12.5. The van der Waals surface area contributed by atoms with Crippen LogP contribution in [0, 0.1) is 11.3 Å². The van der Waals surface area contributed by atoms with Gasteiger partial charge in [-0.2, -0.15) is 5.26 Å². The quantitative estimate of drug-likeness (QED) is 0.893. The Kier molecular flexibility index (Phi) is 3.31. The van der Waals surface area contributed by atoms with Crippen molar-refractivity contribution in [3.63, 3.8) is 0 Å². The van der Waals surface area contributed by atoms with Crippen LogP contribution in [0.4, 0.5) is 8.78 Å². The summed E-state index contributed by atoms with van der Waals surface area (Å²) in [5.41, 5.74) is 3.80. The third-order valence-electron chi connectivity index (χ3n) is 1.57. The summed E-state index contributed by atoms with van der Waals surface area (Å²) in [7, 11) is 0. The van der Waals surface area contributed by atoms with Gasteiger partial charge in [0.05, 0.1) is 4.47 Å². The molecular formula is C8H4BrF2N3O. The first-order valence-electron chi connectivity index (χ1n) is 3.66. The van der Waals surface area contributed by atoms with E-state index in [9.17, 15) is 13.6 Å². The summed E-state index contributed by atoms with van der Waals surface area (Å²) in [6.45, 7) is 0. The molecule has 1 aromatic heterocycles. The third-order valence-corrected chi connectivity index (χ3v) is 2.40. The molecule has 0 spiro atoms. The lowest BCUT2D eigenvalue weighted by Gasteiger charge is -2.06. The lowest BCUT2D eigenvalue weighted by molar-refractivity contribution is 0.0994. The van der Waals surface area contributed by atoms with Crippen LogP contribution in [0.1, 0.15) is 28.2 Å². The molecule has 1 heterocycles. The number of halogens is 3. The van der Waals surface area contributed by atoms with Gasteiger partial charge in [0.1, 0.15) is 17.5 Å². The van der Waals surface area contributed by atoms with E-state index in [0.717, 1.165) is 6.07 Å². The van der Waals surface area contributed by atoms with Crippen molar-refractivity contribution in [1.82, 2.24) is 4.98 Å². The number of aromatic nitrogens is 1. The molecule has 0 bridgehead atoms. The molecule has 0 aliphatic rings. The van der Waals surface area contributed by atoms with E-state index in [-0.39, 0.29) is 15.9 Å². The minimum Gasteiger partial charge on any atom is -0.364 e. The minimum atomic E-state index is -2.81. The van der Waals surface area contributed by atoms with Gasteiger partial charge in [-0.1, -0.05) is 0 Å². The van der Waals surface area contributed by atoms with Crippen LogP contribution in [0.3, 0.4) is 0 Å². The molecule has 2 N–H and O–H groups in total. The monoisotopic (exact) mass is 275 g/mol. The zero-order valence-electron chi connectivity index (χ0n) is 7.17. The Bertz CT molecular complexity index is 456. The topological polar surface area (TPSA) is 79.8 Å². The van der Waals surface area contributed by atoms with Crippen LogP contribution in [0.2, 0.25) is 0 Å². The Balaban J connectivity index is 3.49. The Morgan fingerprint density at radius 2 is 2.27 bits per heavy atom. The van der Waals surface area contributed by atoms with E-state index < -0.39 is 17.9 Å². The number of alkyl halides is 2. The van der Waals surface area contributed by atoms with Crippen LogP contribution in [0.25, 0.3) is 0 Å². The highest BCUT2D eigenvalue weighted by atomic mass is 79.9. The van der Waals surface area contributed by atoms with E-state index in [4.69, 9.17) is 11.0 Å². The average molecular weight is 276 g/mol. The molecule has 0 radical (unpaired) electrons. The summed E-state index contributed by atoms with van der Waals surface area (Å²) in [6.07, 6.45) is -2.81. The number of rotatable bonds is 2. The fourth-order valence-corrected chi connectivity index (χ4v) is 1.50. The summed E-state index contributed by atoms with van der Waals surface area (Å²) in [6, 6.07) is 2.48. The van der Waals surface area contributed by atoms with Gasteiger partial charge in [-0.05, 0) is 22.0 Å². The lowest BCUT2D eigenvalue weighted by Crippen LogP contribution is -2.15. The van der Waals surface area contributed by atoms with Gasteiger partial charge in [-0.25, -0.2) is 13.8 Å². The number of primary amides is 1. The van der Waals surface area contributed by atoms with E-state index in [0.29, 0.717) is 0 Å². The molecule has 1 aromatic rings. The fraction of sp³-hybridized carbons (Fsp3) is 0.125. The van der Waals surface area contributed by atoms with Crippen molar-refractivity contribution in [2.24, 2.45) is 5.73 Å². The summed E-state index contributed by atoms with van der Waals surface area (Å²) >= 11 is 2.79. The highest BCUT2D eigenvalue weighted by Gasteiger charge is 2.20. The van der Waals surface area contributed by atoms with Crippen LogP contribution in [-0.4, -0.2) is 10.9 Å². The average Bonchev–Trinajstić information content (AvgIpc) is 2.17. The van der Waals surface area contributed by atoms with Crippen LogP contribution in [0.15, 0.2) is 10.5 Å². The molecule has 0 atom stereocenters. The number of nitrogens with two attached hydrogens (primary N) is 1. The van der Waals surface area contributed by atoms with Crippen molar-refractivity contribution >= 4 is 21.8 Å².